The minimum absolute atomic E-state index is 0.476. The highest BCUT2D eigenvalue weighted by molar-refractivity contribution is 6.30. The molecule has 0 aliphatic carbocycles. The van der Waals surface area contributed by atoms with Crippen LogP contribution in [0.25, 0.3) is 0 Å². The van der Waals surface area contributed by atoms with Crippen LogP contribution in [0.1, 0.15) is 30.5 Å². The highest BCUT2D eigenvalue weighted by Crippen LogP contribution is 2.32. The molecule has 0 atom stereocenters. The van der Waals surface area contributed by atoms with E-state index in [1.807, 2.05) is 6.07 Å². The van der Waals surface area contributed by atoms with Gasteiger partial charge in [-0.1, -0.05) is 55.8 Å². The number of nitrogens with one attached hydrogen (secondary N) is 1. The summed E-state index contributed by atoms with van der Waals surface area (Å²) >= 11 is 6.22. The van der Waals surface area contributed by atoms with Crippen LogP contribution in [0.15, 0.2) is 42.5 Å². The first-order valence-corrected chi connectivity index (χ1v) is 7.85. The summed E-state index contributed by atoms with van der Waals surface area (Å²) < 4.78 is 0. The Morgan fingerprint density at radius 3 is 2.38 bits per heavy atom. The van der Waals surface area contributed by atoms with Gasteiger partial charge >= 0.3 is 0 Å². The summed E-state index contributed by atoms with van der Waals surface area (Å²) in [7, 11) is 0. The molecule has 3 heteroatoms. The fourth-order valence-electron chi connectivity index (χ4n) is 2.80. The number of benzene rings is 2. The van der Waals surface area contributed by atoms with Crippen molar-refractivity contribution in [2.75, 3.05) is 4.90 Å². The number of nitrogens with zero attached hydrogens (tertiary/aromatic N) is 1. The summed E-state index contributed by atoms with van der Waals surface area (Å²) in [5.41, 5.74) is 5.38. The lowest BCUT2D eigenvalue weighted by atomic mass is 10.1. The third-order valence-corrected chi connectivity index (χ3v) is 4.16. The lowest BCUT2D eigenvalue weighted by molar-refractivity contribution is 0.588. The summed E-state index contributed by atoms with van der Waals surface area (Å²) in [6.45, 7) is 7.13. The fraction of sp³-hybridized carbons (Fsp3) is 0.333. The Labute approximate surface area is 131 Å². The molecule has 0 fully saturated rings. The normalized spacial score (nSPS) is 13.8. The predicted molar refractivity (Wildman–Crippen MR) is 89.8 cm³/mol. The van der Waals surface area contributed by atoms with Gasteiger partial charge in [-0.05, 0) is 28.8 Å². The van der Waals surface area contributed by atoms with Crippen LogP contribution in [0.3, 0.4) is 0 Å². The summed E-state index contributed by atoms with van der Waals surface area (Å²) in [6, 6.07) is 15.3. The lowest BCUT2D eigenvalue weighted by Crippen LogP contribution is -2.24. The summed E-state index contributed by atoms with van der Waals surface area (Å²) in [5, 5.41) is 4.30. The Morgan fingerprint density at radius 1 is 1.10 bits per heavy atom. The maximum Gasteiger partial charge on any atom is 0.0436 e. The van der Waals surface area contributed by atoms with Crippen LogP contribution in [0.4, 0.5) is 5.69 Å². The van der Waals surface area contributed by atoms with Gasteiger partial charge in [-0.15, -0.1) is 0 Å². The molecule has 0 unspecified atom stereocenters. The van der Waals surface area contributed by atoms with Crippen molar-refractivity contribution in [2.45, 2.75) is 39.5 Å². The number of hydrogen-bond donors (Lipinski definition) is 1. The SMILES string of the molecule is CC(C)NCc1ccc(Cl)cc1N1Cc2ccccc2C1. The highest BCUT2D eigenvalue weighted by Gasteiger charge is 2.20. The minimum atomic E-state index is 0.476. The molecule has 0 amide bonds. The van der Waals surface area contributed by atoms with E-state index in [-0.39, 0.29) is 0 Å². The Hall–Kier alpha value is -1.51. The molecule has 1 aliphatic rings. The first-order valence-electron chi connectivity index (χ1n) is 7.47. The van der Waals surface area contributed by atoms with Crippen LogP contribution < -0.4 is 10.2 Å². The van der Waals surface area contributed by atoms with Gasteiger partial charge in [0, 0.05) is 36.4 Å². The molecule has 110 valence electrons. The largest absolute Gasteiger partial charge is 0.363 e. The van der Waals surface area contributed by atoms with E-state index in [1.165, 1.54) is 22.4 Å². The minimum Gasteiger partial charge on any atom is -0.363 e. The molecular weight excluding hydrogens is 280 g/mol. The number of anilines is 1. The van der Waals surface area contributed by atoms with Crippen molar-refractivity contribution in [2.24, 2.45) is 0 Å². The van der Waals surface area contributed by atoms with Gasteiger partial charge in [-0.3, -0.25) is 0 Å². The molecule has 0 saturated carbocycles. The molecule has 2 aromatic rings. The van der Waals surface area contributed by atoms with E-state index in [1.54, 1.807) is 0 Å². The van der Waals surface area contributed by atoms with Gasteiger partial charge < -0.3 is 10.2 Å². The maximum absolute atomic E-state index is 6.22. The van der Waals surface area contributed by atoms with Crippen molar-refractivity contribution >= 4 is 17.3 Å². The zero-order valence-electron chi connectivity index (χ0n) is 12.6. The van der Waals surface area contributed by atoms with E-state index >= 15 is 0 Å². The van der Waals surface area contributed by atoms with E-state index in [0.717, 1.165) is 24.7 Å². The zero-order chi connectivity index (χ0) is 14.8. The molecule has 3 rings (SSSR count). The molecule has 0 aromatic heterocycles. The molecular formula is C18H21ClN2. The first kappa shape index (κ1) is 14.4. The Bertz CT molecular complexity index is 612. The predicted octanol–water partition coefficient (Wildman–Crippen LogP) is 4.36. The van der Waals surface area contributed by atoms with E-state index in [9.17, 15) is 0 Å². The molecule has 0 radical (unpaired) electrons. The molecule has 0 saturated heterocycles. The Morgan fingerprint density at radius 2 is 1.76 bits per heavy atom. The average Bonchev–Trinajstić information content (AvgIpc) is 2.89. The fourth-order valence-corrected chi connectivity index (χ4v) is 2.96. The van der Waals surface area contributed by atoms with E-state index in [4.69, 9.17) is 11.6 Å². The molecule has 1 N–H and O–H groups in total. The van der Waals surface area contributed by atoms with Crippen LogP contribution >= 0.6 is 11.6 Å². The second-order valence-electron chi connectivity index (χ2n) is 5.93. The first-order chi connectivity index (χ1) is 10.1. The van der Waals surface area contributed by atoms with Crippen LogP contribution in [-0.4, -0.2) is 6.04 Å². The average molecular weight is 301 g/mol. The summed E-state index contributed by atoms with van der Waals surface area (Å²) in [6.07, 6.45) is 0. The topological polar surface area (TPSA) is 15.3 Å². The monoisotopic (exact) mass is 300 g/mol. The summed E-state index contributed by atoms with van der Waals surface area (Å²) in [5.74, 6) is 0. The number of rotatable bonds is 4. The second-order valence-corrected chi connectivity index (χ2v) is 6.37. The highest BCUT2D eigenvalue weighted by atomic mass is 35.5. The van der Waals surface area contributed by atoms with Crippen LogP contribution in [-0.2, 0) is 19.6 Å². The molecule has 21 heavy (non-hydrogen) atoms. The standard InChI is InChI=1S/C18H21ClN2/c1-13(2)20-10-14-7-8-17(19)9-18(14)21-11-15-5-3-4-6-16(15)12-21/h3-9,13,20H,10-12H2,1-2H3. The number of fused-ring (bicyclic) bond motifs is 1. The van der Waals surface area contributed by atoms with Crippen molar-refractivity contribution in [3.05, 3.63) is 64.2 Å². The zero-order valence-corrected chi connectivity index (χ0v) is 13.3. The van der Waals surface area contributed by atoms with Gasteiger partial charge in [-0.2, -0.15) is 0 Å². The quantitative estimate of drug-likeness (QED) is 0.902. The molecule has 0 spiro atoms. The van der Waals surface area contributed by atoms with Crippen molar-refractivity contribution in [3.8, 4) is 0 Å². The van der Waals surface area contributed by atoms with Gasteiger partial charge in [-0.25, -0.2) is 0 Å². The van der Waals surface area contributed by atoms with Crippen molar-refractivity contribution in [1.82, 2.24) is 5.32 Å². The van der Waals surface area contributed by atoms with Crippen molar-refractivity contribution < 1.29 is 0 Å². The van der Waals surface area contributed by atoms with Crippen LogP contribution in [0.5, 0.6) is 0 Å². The second kappa shape index (κ2) is 6.08. The van der Waals surface area contributed by atoms with Gasteiger partial charge in [0.25, 0.3) is 0 Å². The third kappa shape index (κ3) is 3.22. The summed E-state index contributed by atoms with van der Waals surface area (Å²) in [4.78, 5) is 2.41. The van der Waals surface area contributed by atoms with Gasteiger partial charge in [0.1, 0.15) is 0 Å². The van der Waals surface area contributed by atoms with Gasteiger partial charge in [0.15, 0.2) is 0 Å². The molecule has 0 bridgehead atoms. The van der Waals surface area contributed by atoms with E-state index in [2.05, 4.69) is 60.5 Å². The van der Waals surface area contributed by atoms with Gasteiger partial charge in [0.05, 0.1) is 0 Å². The number of hydrogen-bond acceptors (Lipinski definition) is 2. The smallest absolute Gasteiger partial charge is 0.0436 e. The third-order valence-electron chi connectivity index (χ3n) is 3.93. The van der Waals surface area contributed by atoms with Crippen molar-refractivity contribution in [1.29, 1.82) is 0 Å². The molecule has 2 aromatic carbocycles. The van der Waals surface area contributed by atoms with Crippen LogP contribution in [0, 0.1) is 0 Å². The lowest BCUT2D eigenvalue weighted by Gasteiger charge is -2.22. The van der Waals surface area contributed by atoms with Crippen LogP contribution in [0.2, 0.25) is 5.02 Å². The molecule has 1 heterocycles. The Kier molecular flexibility index (Phi) is 4.18. The molecule has 2 nitrogen and oxygen atoms in total. The van der Waals surface area contributed by atoms with E-state index < -0.39 is 0 Å². The van der Waals surface area contributed by atoms with E-state index in [0.29, 0.717) is 6.04 Å². The van der Waals surface area contributed by atoms with Gasteiger partial charge in [0.2, 0.25) is 0 Å². The Balaban J connectivity index is 1.86. The number of halogens is 1. The maximum atomic E-state index is 6.22. The molecule has 1 aliphatic heterocycles. The van der Waals surface area contributed by atoms with Crippen molar-refractivity contribution in [3.63, 3.8) is 0 Å².